The van der Waals surface area contributed by atoms with E-state index in [1.54, 1.807) is 9.80 Å². The third kappa shape index (κ3) is 3.58. The first kappa shape index (κ1) is 16.7. The summed E-state index contributed by atoms with van der Waals surface area (Å²) in [5, 5.41) is 12.2. The SMILES string of the molecule is CCC(C)CN1CC2NCCC(=O)N2C(CCC(=O)O)C1=O. The van der Waals surface area contributed by atoms with Gasteiger partial charge in [0.25, 0.3) is 0 Å². The molecule has 0 spiro atoms. The second kappa shape index (κ2) is 7.09. The summed E-state index contributed by atoms with van der Waals surface area (Å²) in [6, 6.07) is -0.654. The molecule has 2 amide bonds. The Labute approximate surface area is 130 Å². The highest BCUT2D eigenvalue weighted by Gasteiger charge is 2.44. The van der Waals surface area contributed by atoms with Crippen LogP contribution in [-0.2, 0) is 14.4 Å². The van der Waals surface area contributed by atoms with Gasteiger partial charge in [-0.2, -0.15) is 0 Å². The predicted octanol–water partition coefficient (Wildman–Crippen LogP) is 0.256. The number of aliphatic carboxylic acids is 1. The molecule has 22 heavy (non-hydrogen) atoms. The van der Waals surface area contributed by atoms with Crippen LogP contribution in [0.2, 0.25) is 0 Å². The van der Waals surface area contributed by atoms with Crippen molar-refractivity contribution in [2.24, 2.45) is 5.92 Å². The van der Waals surface area contributed by atoms with Gasteiger partial charge < -0.3 is 14.9 Å². The van der Waals surface area contributed by atoms with Crippen LogP contribution in [0.4, 0.5) is 0 Å². The van der Waals surface area contributed by atoms with Crippen molar-refractivity contribution in [1.29, 1.82) is 0 Å². The molecule has 3 unspecified atom stereocenters. The van der Waals surface area contributed by atoms with Crippen molar-refractivity contribution in [3.05, 3.63) is 0 Å². The second-order valence-electron chi connectivity index (χ2n) is 6.23. The maximum Gasteiger partial charge on any atom is 0.303 e. The van der Waals surface area contributed by atoms with E-state index in [0.717, 1.165) is 6.42 Å². The fourth-order valence-corrected chi connectivity index (χ4v) is 3.11. The summed E-state index contributed by atoms with van der Waals surface area (Å²) in [4.78, 5) is 39.1. The molecule has 3 atom stereocenters. The standard InChI is InChI=1S/C15H25N3O4/c1-3-10(2)8-17-9-12-16-7-6-13(19)18(12)11(15(17)22)4-5-14(20)21/h10-12,16H,3-9H2,1-2H3,(H,20,21). The van der Waals surface area contributed by atoms with E-state index < -0.39 is 12.0 Å². The smallest absolute Gasteiger partial charge is 0.303 e. The third-order valence-corrected chi connectivity index (χ3v) is 4.53. The maximum atomic E-state index is 12.7. The lowest BCUT2D eigenvalue weighted by Gasteiger charge is -2.48. The van der Waals surface area contributed by atoms with E-state index in [0.29, 0.717) is 32.0 Å². The zero-order valence-electron chi connectivity index (χ0n) is 13.2. The van der Waals surface area contributed by atoms with Gasteiger partial charge in [0.2, 0.25) is 11.8 Å². The molecule has 2 aliphatic rings. The zero-order chi connectivity index (χ0) is 16.3. The van der Waals surface area contributed by atoms with Crippen LogP contribution in [0, 0.1) is 5.92 Å². The van der Waals surface area contributed by atoms with Gasteiger partial charge in [-0.1, -0.05) is 20.3 Å². The highest BCUT2D eigenvalue weighted by molar-refractivity contribution is 5.90. The number of carboxylic acid groups (broad SMARTS) is 1. The molecular formula is C15H25N3O4. The van der Waals surface area contributed by atoms with Crippen molar-refractivity contribution >= 4 is 17.8 Å². The lowest BCUT2D eigenvalue weighted by Crippen LogP contribution is -2.70. The Morgan fingerprint density at radius 2 is 2.18 bits per heavy atom. The van der Waals surface area contributed by atoms with Gasteiger partial charge in [-0.25, -0.2) is 0 Å². The number of carbonyl (C=O) groups excluding carboxylic acids is 2. The topological polar surface area (TPSA) is 90.0 Å². The molecule has 0 aliphatic carbocycles. The first-order valence-electron chi connectivity index (χ1n) is 7.99. The Morgan fingerprint density at radius 3 is 2.82 bits per heavy atom. The number of rotatable bonds is 6. The van der Waals surface area contributed by atoms with Crippen molar-refractivity contribution < 1.29 is 19.5 Å². The first-order valence-corrected chi connectivity index (χ1v) is 7.99. The van der Waals surface area contributed by atoms with E-state index in [2.05, 4.69) is 19.2 Å². The monoisotopic (exact) mass is 311 g/mol. The fourth-order valence-electron chi connectivity index (χ4n) is 3.11. The average Bonchev–Trinajstić information content (AvgIpc) is 2.47. The molecule has 2 N–H and O–H groups in total. The van der Waals surface area contributed by atoms with E-state index in [1.807, 2.05) is 0 Å². The number of carboxylic acids is 1. The minimum atomic E-state index is -0.944. The zero-order valence-corrected chi connectivity index (χ0v) is 13.2. The van der Waals surface area contributed by atoms with Crippen LogP contribution in [0.15, 0.2) is 0 Å². The highest BCUT2D eigenvalue weighted by atomic mass is 16.4. The molecular weight excluding hydrogens is 286 g/mol. The van der Waals surface area contributed by atoms with Crippen LogP contribution in [0.5, 0.6) is 0 Å². The Balaban J connectivity index is 2.17. The van der Waals surface area contributed by atoms with E-state index >= 15 is 0 Å². The molecule has 0 bridgehead atoms. The van der Waals surface area contributed by atoms with Crippen LogP contribution in [0.25, 0.3) is 0 Å². The Bertz CT molecular complexity index is 454. The van der Waals surface area contributed by atoms with Gasteiger partial charge >= 0.3 is 5.97 Å². The Morgan fingerprint density at radius 1 is 1.45 bits per heavy atom. The summed E-state index contributed by atoms with van der Waals surface area (Å²) in [7, 11) is 0. The lowest BCUT2D eigenvalue weighted by atomic mass is 9.99. The Hall–Kier alpha value is -1.63. The summed E-state index contributed by atoms with van der Waals surface area (Å²) in [6.07, 6.45) is 1.21. The number of amides is 2. The summed E-state index contributed by atoms with van der Waals surface area (Å²) in [6.45, 7) is 5.91. The molecule has 0 saturated carbocycles. The molecule has 2 saturated heterocycles. The minimum Gasteiger partial charge on any atom is -0.481 e. The van der Waals surface area contributed by atoms with Gasteiger partial charge in [-0.15, -0.1) is 0 Å². The molecule has 7 heteroatoms. The van der Waals surface area contributed by atoms with E-state index in [9.17, 15) is 14.4 Å². The third-order valence-electron chi connectivity index (χ3n) is 4.53. The molecule has 7 nitrogen and oxygen atoms in total. The van der Waals surface area contributed by atoms with Crippen LogP contribution < -0.4 is 5.32 Å². The second-order valence-corrected chi connectivity index (χ2v) is 6.23. The van der Waals surface area contributed by atoms with Crippen molar-refractivity contribution in [3.63, 3.8) is 0 Å². The number of fused-ring (bicyclic) bond motifs is 1. The molecule has 2 fully saturated rings. The molecule has 0 aromatic rings. The predicted molar refractivity (Wildman–Crippen MR) is 79.9 cm³/mol. The molecule has 2 aliphatic heterocycles. The average molecular weight is 311 g/mol. The summed E-state index contributed by atoms with van der Waals surface area (Å²) < 4.78 is 0. The number of carbonyl (C=O) groups is 3. The quantitative estimate of drug-likeness (QED) is 0.734. The van der Waals surface area contributed by atoms with Gasteiger partial charge in [0.05, 0.1) is 6.54 Å². The number of hydrogen-bond acceptors (Lipinski definition) is 4. The van der Waals surface area contributed by atoms with Crippen LogP contribution in [-0.4, -0.2) is 64.5 Å². The van der Waals surface area contributed by atoms with Gasteiger partial charge in [0, 0.05) is 25.9 Å². The van der Waals surface area contributed by atoms with Gasteiger partial charge in [0.15, 0.2) is 0 Å². The summed E-state index contributed by atoms with van der Waals surface area (Å²) in [5.41, 5.74) is 0. The lowest BCUT2D eigenvalue weighted by molar-refractivity contribution is -0.161. The maximum absolute atomic E-state index is 12.7. The van der Waals surface area contributed by atoms with Crippen molar-refractivity contribution in [2.45, 2.75) is 51.7 Å². The van der Waals surface area contributed by atoms with E-state index in [4.69, 9.17) is 5.11 Å². The molecule has 0 aromatic carbocycles. The number of hydrogen-bond donors (Lipinski definition) is 2. The number of piperazine rings is 1. The summed E-state index contributed by atoms with van der Waals surface area (Å²) in [5.74, 6) is -0.735. The van der Waals surface area contributed by atoms with Crippen LogP contribution >= 0.6 is 0 Å². The largest absolute Gasteiger partial charge is 0.481 e. The van der Waals surface area contributed by atoms with Gasteiger partial charge in [-0.3, -0.25) is 19.7 Å². The molecule has 0 radical (unpaired) electrons. The normalized spacial score (nSPS) is 26.8. The molecule has 2 heterocycles. The summed E-state index contributed by atoms with van der Waals surface area (Å²) >= 11 is 0. The van der Waals surface area contributed by atoms with Crippen LogP contribution in [0.3, 0.4) is 0 Å². The number of nitrogens with one attached hydrogen (secondary N) is 1. The Kier molecular flexibility index (Phi) is 5.39. The molecule has 2 rings (SSSR count). The minimum absolute atomic E-state index is 0.0596. The van der Waals surface area contributed by atoms with Crippen molar-refractivity contribution in [2.75, 3.05) is 19.6 Å². The molecule has 124 valence electrons. The van der Waals surface area contributed by atoms with E-state index in [1.165, 1.54) is 0 Å². The van der Waals surface area contributed by atoms with E-state index in [-0.39, 0.29) is 30.8 Å². The van der Waals surface area contributed by atoms with Gasteiger partial charge in [0.1, 0.15) is 12.2 Å². The molecule has 0 aromatic heterocycles. The van der Waals surface area contributed by atoms with Gasteiger partial charge in [-0.05, 0) is 12.3 Å². The number of nitrogens with zero attached hydrogens (tertiary/aromatic N) is 2. The van der Waals surface area contributed by atoms with Crippen molar-refractivity contribution in [1.82, 2.24) is 15.1 Å². The first-order chi connectivity index (χ1) is 10.4. The van der Waals surface area contributed by atoms with Crippen LogP contribution in [0.1, 0.15) is 39.5 Å². The van der Waals surface area contributed by atoms with Crippen molar-refractivity contribution in [3.8, 4) is 0 Å². The fraction of sp³-hybridized carbons (Fsp3) is 0.800. The highest BCUT2D eigenvalue weighted by Crippen LogP contribution is 2.24.